The molecular formula is C15H13NO2. The highest BCUT2D eigenvalue weighted by atomic mass is 16.6. The maximum Gasteiger partial charge on any atom is 0.272 e. The molecule has 0 atom stereocenters. The molecule has 0 aliphatic rings. The van der Waals surface area contributed by atoms with Crippen molar-refractivity contribution in [3.05, 3.63) is 81.9 Å². The molecule has 2 rings (SSSR count). The van der Waals surface area contributed by atoms with Gasteiger partial charge in [0.1, 0.15) is 0 Å². The van der Waals surface area contributed by atoms with Crippen molar-refractivity contribution in [3.63, 3.8) is 0 Å². The first-order valence-corrected chi connectivity index (χ1v) is 5.65. The summed E-state index contributed by atoms with van der Waals surface area (Å²) in [5.74, 6) is 0. The van der Waals surface area contributed by atoms with Crippen molar-refractivity contribution in [2.24, 2.45) is 0 Å². The van der Waals surface area contributed by atoms with Crippen LogP contribution in [0.3, 0.4) is 0 Å². The van der Waals surface area contributed by atoms with Gasteiger partial charge in [-0.05, 0) is 11.1 Å². The molecule has 0 aliphatic heterocycles. The van der Waals surface area contributed by atoms with Gasteiger partial charge in [-0.3, -0.25) is 10.1 Å². The highest BCUT2D eigenvalue weighted by Crippen LogP contribution is 2.23. The van der Waals surface area contributed by atoms with Gasteiger partial charge in [0, 0.05) is 18.1 Å². The van der Waals surface area contributed by atoms with Crippen molar-refractivity contribution in [1.29, 1.82) is 0 Å². The van der Waals surface area contributed by atoms with E-state index in [1.165, 1.54) is 6.07 Å². The van der Waals surface area contributed by atoms with Crippen LogP contribution in [0.5, 0.6) is 0 Å². The lowest BCUT2D eigenvalue weighted by Crippen LogP contribution is -1.97. The Balaban J connectivity index is 2.40. The lowest BCUT2D eigenvalue weighted by atomic mass is 9.99. The van der Waals surface area contributed by atoms with E-state index in [1.807, 2.05) is 30.3 Å². The van der Waals surface area contributed by atoms with Crippen LogP contribution in [0, 0.1) is 10.1 Å². The number of rotatable bonds is 4. The first-order chi connectivity index (χ1) is 8.72. The van der Waals surface area contributed by atoms with Gasteiger partial charge in [-0.2, -0.15) is 0 Å². The number of hydrogen-bond donors (Lipinski definition) is 0. The number of para-hydroxylation sites is 1. The summed E-state index contributed by atoms with van der Waals surface area (Å²) >= 11 is 0. The Labute approximate surface area is 106 Å². The predicted octanol–water partition coefficient (Wildman–Crippen LogP) is 3.83. The Morgan fingerprint density at radius 2 is 1.67 bits per heavy atom. The average Bonchev–Trinajstić information content (AvgIpc) is 2.40. The van der Waals surface area contributed by atoms with E-state index in [9.17, 15) is 10.1 Å². The maximum atomic E-state index is 11.0. The first kappa shape index (κ1) is 12.0. The fourth-order valence-corrected chi connectivity index (χ4v) is 1.94. The minimum Gasteiger partial charge on any atom is -0.258 e. The molecule has 0 aromatic heterocycles. The van der Waals surface area contributed by atoms with Gasteiger partial charge in [0.2, 0.25) is 0 Å². The number of nitro benzene ring substituents is 1. The van der Waals surface area contributed by atoms with E-state index in [0.29, 0.717) is 6.42 Å². The molecule has 0 aliphatic carbocycles. The SMILES string of the molecule is C=Cc1ccccc1Cc1ccccc1[N+](=O)[O-]. The normalized spacial score (nSPS) is 10.0. The van der Waals surface area contributed by atoms with Crippen LogP contribution in [0.25, 0.3) is 6.08 Å². The molecule has 0 saturated heterocycles. The van der Waals surface area contributed by atoms with Crippen molar-refractivity contribution in [2.75, 3.05) is 0 Å². The average molecular weight is 239 g/mol. The molecule has 0 fully saturated rings. The van der Waals surface area contributed by atoms with E-state index in [0.717, 1.165) is 16.7 Å². The summed E-state index contributed by atoms with van der Waals surface area (Å²) < 4.78 is 0. The number of hydrogen-bond acceptors (Lipinski definition) is 2. The van der Waals surface area contributed by atoms with Crippen molar-refractivity contribution in [3.8, 4) is 0 Å². The lowest BCUT2D eigenvalue weighted by molar-refractivity contribution is -0.385. The Morgan fingerprint density at radius 1 is 1.06 bits per heavy atom. The number of nitrogens with zero attached hydrogens (tertiary/aromatic N) is 1. The predicted molar refractivity (Wildman–Crippen MR) is 72.4 cm³/mol. The summed E-state index contributed by atoms with van der Waals surface area (Å²) in [7, 11) is 0. The molecule has 0 radical (unpaired) electrons. The van der Waals surface area contributed by atoms with Crippen molar-refractivity contribution in [1.82, 2.24) is 0 Å². The fourth-order valence-electron chi connectivity index (χ4n) is 1.94. The molecule has 2 aromatic rings. The molecule has 0 unspecified atom stereocenters. The monoisotopic (exact) mass is 239 g/mol. The third-order valence-corrected chi connectivity index (χ3v) is 2.84. The Morgan fingerprint density at radius 3 is 2.33 bits per heavy atom. The zero-order valence-corrected chi connectivity index (χ0v) is 9.87. The maximum absolute atomic E-state index is 11.0. The molecule has 3 heteroatoms. The summed E-state index contributed by atoms with van der Waals surface area (Å²) in [5, 5.41) is 11.0. The van der Waals surface area contributed by atoms with Crippen LogP contribution in [-0.2, 0) is 6.42 Å². The van der Waals surface area contributed by atoms with Gasteiger partial charge in [-0.25, -0.2) is 0 Å². The van der Waals surface area contributed by atoms with E-state index in [4.69, 9.17) is 0 Å². The van der Waals surface area contributed by atoms with E-state index in [-0.39, 0.29) is 10.6 Å². The second kappa shape index (κ2) is 5.27. The molecule has 0 saturated carbocycles. The second-order valence-electron chi connectivity index (χ2n) is 3.97. The van der Waals surface area contributed by atoms with Gasteiger partial charge in [0.25, 0.3) is 5.69 Å². The first-order valence-electron chi connectivity index (χ1n) is 5.65. The van der Waals surface area contributed by atoms with Crippen LogP contribution < -0.4 is 0 Å². The zero-order chi connectivity index (χ0) is 13.0. The van der Waals surface area contributed by atoms with E-state index in [2.05, 4.69) is 6.58 Å². The summed E-state index contributed by atoms with van der Waals surface area (Å²) in [6.07, 6.45) is 2.31. The molecular weight excluding hydrogens is 226 g/mol. The number of benzene rings is 2. The van der Waals surface area contributed by atoms with Gasteiger partial charge >= 0.3 is 0 Å². The molecule has 0 N–H and O–H groups in total. The standard InChI is InChI=1S/C15H13NO2/c1-2-12-7-3-4-8-13(12)11-14-9-5-6-10-15(14)16(17)18/h2-10H,1,11H2. The van der Waals surface area contributed by atoms with Crippen LogP contribution in [-0.4, -0.2) is 4.92 Å². The highest BCUT2D eigenvalue weighted by molar-refractivity contribution is 5.54. The van der Waals surface area contributed by atoms with Gasteiger partial charge in [0.15, 0.2) is 0 Å². The third-order valence-electron chi connectivity index (χ3n) is 2.84. The van der Waals surface area contributed by atoms with Crippen LogP contribution in [0.2, 0.25) is 0 Å². The van der Waals surface area contributed by atoms with Crippen LogP contribution >= 0.6 is 0 Å². The van der Waals surface area contributed by atoms with Crippen molar-refractivity contribution in [2.45, 2.75) is 6.42 Å². The smallest absolute Gasteiger partial charge is 0.258 e. The third kappa shape index (κ3) is 2.46. The minimum absolute atomic E-state index is 0.163. The van der Waals surface area contributed by atoms with Crippen LogP contribution in [0.15, 0.2) is 55.1 Å². The van der Waals surface area contributed by atoms with E-state index < -0.39 is 0 Å². The summed E-state index contributed by atoms with van der Waals surface area (Å²) in [6.45, 7) is 3.76. The minimum atomic E-state index is -0.341. The molecule has 18 heavy (non-hydrogen) atoms. The molecule has 2 aromatic carbocycles. The van der Waals surface area contributed by atoms with Gasteiger partial charge in [-0.15, -0.1) is 0 Å². The van der Waals surface area contributed by atoms with Gasteiger partial charge < -0.3 is 0 Å². The largest absolute Gasteiger partial charge is 0.272 e. The molecule has 3 nitrogen and oxygen atoms in total. The van der Waals surface area contributed by atoms with E-state index >= 15 is 0 Å². The van der Waals surface area contributed by atoms with Crippen LogP contribution in [0.4, 0.5) is 5.69 Å². The molecule has 0 heterocycles. The Bertz CT molecular complexity index is 591. The van der Waals surface area contributed by atoms with Crippen molar-refractivity contribution < 1.29 is 4.92 Å². The molecule has 0 spiro atoms. The summed E-state index contributed by atoms with van der Waals surface area (Å²) in [4.78, 5) is 10.6. The Kier molecular flexibility index (Phi) is 3.53. The second-order valence-corrected chi connectivity index (χ2v) is 3.97. The number of nitro groups is 1. The zero-order valence-electron chi connectivity index (χ0n) is 9.87. The summed E-state index contributed by atoms with van der Waals surface area (Å²) in [5.41, 5.74) is 2.94. The van der Waals surface area contributed by atoms with E-state index in [1.54, 1.807) is 18.2 Å². The fraction of sp³-hybridized carbons (Fsp3) is 0.0667. The summed E-state index contributed by atoms with van der Waals surface area (Å²) in [6, 6.07) is 14.6. The van der Waals surface area contributed by atoms with Crippen LogP contribution in [0.1, 0.15) is 16.7 Å². The molecule has 0 amide bonds. The molecule has 0 bridgehead atoms. The topological polar surface area (TPSA) is 43.1 Å². The quantitative estimate of drug-likeness (QED) is 0.601. The molecule has 90 valence electrons. The lowest BCUT2D eigenvalue weighted by Gasteiger charge is -2.06. The van der Waals surface area contributed by atoms with Crippen molar-refractivity contribution >= 4 is 11.8 Å². The van der Waals surface area contributed by atoms with Gasteiger partial charge in [0.05, 0.1) is 4.92 Å². The Hall–Kier alpha value is -2.42. The highest BCUT2D eigenvalue weighted by Gasteiger charge is 2.13. The van der Waals surface area contributed by atoms with Gasteiger partial charge in [-0.1, -0.05) is 55.1 Å².